The molecule has 35 heavy (non-hydrogen) atoms. The highest BCUT2D eigenvalue weighted by Crippen LogP contribution is 2.30. The first-order valence-electron chi connectivity index (χ1n) is 10.7. The van der Waals surface area contributed by atoms with E-state index < -0.39 is 17.8 Å². The van der Waals surface area contributed by atoms with E-state index in [0.29, 0.717) is 27.0 Å². The number of nitriles is 1. The summed E-state index contributed by atoms with van der Waals surface area (Å²) in [5.41, 5.74) is 3.82. The number of nitrogens with zero attached hydrogens (tertiary/aromatic N) is 2. The van der Waals surface area contributed by atoms with Gasteiger partial charge >= 0.3 is 6.03 Å². The topological polar surface area (TPSA) is 99.5 Å². The van der Waals surface area contributed by atoms with Crippen LogP contribution in [0.25, 0.3) is 6.08 Å². The Morgan fingerprint density at radius 2 is 1.83 bits per heavy atom. The molecule has 0 unspecified atom stereocenters. The van der Waals surface area contributed by atoms with E-state index in [-0.39, 0.29) is 12.2 Å². The number of ether oxygens (including phenoxy) is 1. The highest BCUT2D eigenvalue weighted by Gasteiger charge is 2.37. The molecule has 0 atom stereocenters. The molecule has 1 aliphatic heterocycles. The highest BCUT2D eigenvalue weighted by molar-refractivity contribution is 9.10. The van der Waals surface area contributed by atoms with Crippen molar-refractivity contribution in [2.45, 2.75) is 20.5 Å². The number of halogens is 1. The molecule has 1 fully saturated rings. The standard InChI is InChI=1S/C27H20BrN3O4/c1-16-6-5-9-23(17(16)2)31-26(33)21(25(32)30-27(31)34)12-18-10-11-24(22(28)13-18)35-15-20-8-4-3-7-19(20)14-29/h3-13H,15H2,1-2H3,(H,30,32,34). The lowest BCUT2D eigenvalue weighted by atomic mass is 10.0. The molecule has 4 rings (SSSR count). The van der Waals surface area contributed by atoms with Gasteiger partial charge < -0.3 is 4.74 Å². The molecule has 174 valence electrons. The third-order valence-electron chi connectivity index (χ3n) is 5.71. The third kappa shape index (κ3) is 4.86. The van der Waals surface area contributed by atoms with Gasteiger partial charge in [0.05, 0.1) is 21.8 Å². The van der Waals surface area contributed by atoms with Crippen molar-refractivity contribution in [2.24, 2.45) is 0 Å². The summed E-state index contributed by atoms with van der Waals surface area (Å²) in [6.07, 6.45) is 1.43. The van der Waals surface area contributed by atoms with Gasteiger partial charge in [0.1, 0.15) is 17.9 Å². The van der Waals surface area contributed by atoms with Crippen LogP contribution in [-0.4, -0.2) is 17.8 Å². The smallest absolute Gasteiger partial charge is 0.335 e. The maximum atomic E-state index is 13.2. The minimum absolute atomic E-state index is 0.158. The second-order valence-corrected chi connectivity index (χ2v) is 8.78. The lowest BCUT2D eigenvalue weighted by Crippen LogP contribution is -2.54. The molecule has 0 aliphatic carbocycles. The molecule has 0 spiro atoms. The Morgan fingerprint density at radius 3 is 2.57 bits per heavy atom. The molecule has 1 N–H and O–H groups in total. The van der Waals surface area contributed by atoms with Gasteiger partial charge in [-0.1, -0.05) is 36.4 Å². The molecule has 1 heterocycles. The summed E-state index contributed by atoms with van der Waals surface area (Å²) >= 11 is 3.46. The average Bonchev–Trinajstić information content (AvgIpc) is 2.84. The maximum absolute atomic E-state index is 13.2. The number of urea groups is 1. The molecular weight excluding hydrogens is 510 g/mol. The Kier molecular flexibility index (Phi) is 6.80. The Labute approximate surface area is 210 Å². The van der Waals surface area contributed by atoms with Crippen LogP contribution < -0.4 is 15.0 Å². The second kappa shape index (κ2) is 9.95. The minimum atomic E-state index is -0.784. The van der Waals surface area contributed by atoms with E-state index in [2.05, 4.69) is 27.3 Å². The first-order chi connectivity index (χ1) is 16.8. The van der Waals surface area contributed by atoms with Gasteiger partial charge in [0, 0.05) is 5.56 Å². The number of nitrogens with one attached hydrogen (secondary N) is 1. The summed E-state index contributed by atoms with van der Waals surface area (Å²) in [6.45, 7) is 3.90. The fraction of sp³-hybridized carbons (Fsp3) is 0.111. The predicted octanol–water partition coefficient (Wildman–Crippen LogP) is 5.18. The van der Waals surface area contributed by atoms with Gasteiger partial charge in [0.2, 0.25) is 0 Å². The van der Waals surface area contributed by atoms with Crippen molar-refractivity contribution < 1.29 is 19.1 Å². The van der Waals surface area contributed by atoms with Crippen LogP contribution >= 0.6 is 15.9 Å². The summed E-state index contributed by atoms with van der Waals surface area (Å²) in [5.74, 6) is -0.922. The zero-order valence-corrected chi connectivity index (χ0v) is 20.5. The number of anilines is 1. The number of amides is 4. The average molecular weight is 530 g/mol. The molecular formula is C27H20BrN3O4. The number of barbiturate groups is 1. The Hall–Kier alpha value is -4.22. The molecule has 0 saturated carbocycles. The maximum Gasteiger partial charge on any atom is 0.335 e. The number of aryl methyl sites for hydroxylation is 1. The van der Waals surface area contributed by atoms with Gasteiger partial charge in [0.25, 0.3) is 11.8 Å². The zero-order chi connectivity index (χ0) is 25.1. The van der Waals surface area contributed by atoms with Crippen molar-refractivity contribution in [1.29, 1.82) is 5.26 Å². The molecule has 1 saturated heterocycles. The Bertz CT molecular complexity index is 1440. The van der Waals surface area contributed by atoms with Gasteiger partial charge in [-0.3, -0.25) is 14.9 Å². The summed E-state index contributed by atoms with van der Waals surface area (Å²) in [6, 6.07) is 18.9. The van der Waals surface area contributed by atoms with Crippen LogP contribution in [0.1, 0.15) is 27.8 Å². The van der Waals surface area contributed by atoms with Crippen molar-refractivity contribution in [3.63, 3.8) is 0 Å². The number of hydrogen-bond acceptors (Lipinski definition) is 5. The third-order valence-corrected chi connectivity index (χ3v) is 6.33. The van der Waals surface area contributed by atoms with Crippen LogP contribution in [0.3, 0.4) is 0 Å². The number of carbonyl (C=O) groups is 3. The SMILES string of the molecule is Cc1cccc(N2C(=O)NC(=O)C(=Cc3ccc(OCc4ccccc4C#N)c(Br)c3)C2=O)c1C. The molecule has 0 aromatic heterocycles. The van der Waals surface area contributed by atoms with E-state index in [1.54, 1.807) is 42.5 Å². The van der Waals surface area contributed by atoms with Crippen LogP contribution in [0.4, 0.5) is 10.5 Å². The Balaban J connectivity index is 1.59. The summed E-state index contributed by atoms with van der Waals surface area (Å²) in [4.78, 5) is 39.2. The van der Waals surface area contributed by atoms with Crippen molar-refractivity contribution in [3.8, 4) is 11.8 Å². The molecule has 0 bridgehead atoms. The first kappa shape index (κ1) is 23.9. The molecule has 3 aromatic rings. The van der Waals surface area contributed by atoms with Crippen molar-refractivity contribution in [1.82, 2.24) is 5.32 Å². The van der Waals surface area contributed by atoms with Crippen molar-refractivity contribution in [2.75, 3.05) is 4.90 Å². The van der Waals surface area contributed by atoms with E-state index in [1.165, 1.54) is 6.08 Å². The van der Waals surface area contributed by atoms with Crippen molar-refractivity contribution in [3.05, 3.63) is 98.5 Å². The molecule has 8 heteroatoms. The number of benzene rings is 3. The van der Waals surface area contributed by atoms with E-state index in [0.717, 1.165) is 21.6 Å². The van der Waals surface area contributed by atoms with E-state index in [1.807, 2.05) is 32.0 Å². The van der Waals surface area contributed by atoms with Gasteiger partial charge in [-0.2, -0.15) is 5.26 Å². The van der Waals surface area contributed by atoms with Crippen LogP contribution in [0, 0.1) is 25.2 Å². The fourth-order valence-corrected chi connectivity index (χ4v) is 4.17. The van der Waals surface area contributed by atoms with Gasteiger partial charge in [-0.15, -0.1) is 0 Å². The van der Waals surface area contributed by atoms with Crippen LogP contribution in [0.5, 0.6) is 5.75 Å². The lowest BCUT2D eigenvalue weighted by molar-refractivity contribution is -0.122. The monoisotopic (exact) mass is 529 g/mol. The summed E-state index contributed by atoms with van der Waals surface area (Å²) < 4.78 is 6.45. The van der Waals surface area contributed by atoms with Gasteiger partial charge in [-0.25, -0.2) is 9.69 Å². The van der Waals surface area contributed by atoms with E-state index >= 15 is 0 Å². The quantitative estimate of drug-likeness (QED) is 0.362. The van der Waals surface area contributed by atoms with Crippen LogP contribution in [-0.2, 0) is 16.2 Å². The number of rotatable bonds is 5. The van der Waals surface area contributed by atoms with E-state index in [9.17, 15) is 19.6 Å². The molecule has 1 aliphatic rings. The van der Waals surface area contributed by atoms with Crippen LogP contribution in [0.2, 0.25) is 0 Å². The number of imide groups is 2. The molecule has 4 amide bonds. The normalized spacial score (nSPS) is 14.6. The highest BCUT2D eigenvalue weighted by atomic mass is 79.9. The molecule has 3 aromatic carbocycles. The van der Waals surface area contributed by atoms with Gasteiger partial charge in [-0.05, 0) is 76.8 Å². The summed E-state index contributed by atoms with van der Waals surface area (Å²) in [7, 11) is 0. The predicted molar refractivity (Wildman–Crippen MR) is 135 cm³/mol. The van der Waals surface area contributed by atoms with Crippen molar-refractivity contribution >= 4 is 45.5 Å². The van der Waals surface area contributed by atoms with Crippen LogP contribution in [0.15, 0.2) is 70.7 Å². The lowest BCUT2D eigenvalue weighted by Gasteiger charge is -2.28. The fourth-order valence-electron chi connectivity index (χ4n) is 3.66. The minimum Gasteiger partial charge on any atom is -0.488 e. The number of carbonyl (C=O) groups excluding carboxylic acids is 3. The summed E-state index contributed by atoms with van der Waals surface area (Å²) in [5, 5.41) is 11.5. The van der Waals surface area contributed by atoms with Gasteiger partial charge in [0.15, 0.2) is 0 Å². The number of hydrogen-bond donors (Lipinski definition) is 1. The largest absolute Gasteiger partial charge is 0.488 e. The molecule has 7 nitrogen and oxygen atoms in total. The second-order valence-electron chi connectivity index (χ2n) is 7.92. The van der Waals surface area contributed by atoms with E-state index in [4.69, 9.17) is 4.74 Å². The molecule has 0 radical (unpaired) electrons. The Morgan fingerprint density at radius 1 is 1.06 bits per heavy atom. The first-order valence-corrected chi connectivity index (χ1v) is 11.5. The zero-order valence-electron chi connectivity index (χ0n) is 19.0.